The van der Waals surface area contributed by atoms with Crippen molar-refractivity contribution >= 4 is 0 Å². The van der Waals surface area contributed by atoms with Crippen LogP contribution in [0.1, 0.15) is 17.3 Å². The Morgan fingerprint density at radius 3 is 2.58 bits per heavy atom. The molecule has 5 heteroatoms. The summed E-state index contributed by atoms with van der Waals surface area (Å²) in [5, 5.41) is 26.0. The van der Waals surface area contributed by atoms with Gasteiger partial charge in [0.2, 0.25) is 0 Å². The highest BCUT2D eigenvalue weighted by molar-refractivity contribution is 5.15. The highest BCUT2D eigenvalue weighted by atomic mass is 16.3. The molecule has 0 saturated carbocycles. The fraction of sp³-hybridized carbons (Fsp3) is 0.357. The molecular weight excluding hydrogens is 242 g/mol. The minimum Gasteiger partial charge on any atom is -0.394 e. The maximum atomic E-state index is 10.00. The monoisotopic (exact) mass is 261 g/mol. The van der Waals surface area contributed by atoms with E-state index in [1.165, 1.54) is 0 Å². The maximum Gasteiger partial charge on any atom is 0.0982 e. The van der Waals surface area contributed by atoms with E-state index in [4.69, 9.17) is 0 Å². The number of aromatic amines is 1. The van der Waals surface area contributed by atoms with Crippen LogP contribution in [0.4, 0.5) is 0 Å². The molecule has 0 radical (unpaired) electrons. The van der Waals surface area contributed by atoms with Gasteiger partial charge in [-0.1, -0.05) is 30.3 Å². The lowest BCUT2D eigenvalue weighted by Gasteiger charge is -2.30. The summed E-state index contributed by atoms with van der Waals surface area (Å²) in [6.45, 7) is 0.393. The summed E-state index contributed by atoms with van der Waals surface area (Å²) in [5.41, 5.74) is 1.94. The van der Waals surface area contributed by atoms with Gasteiger partial charge in [0.1, 0.15) is 0 Å². The van der Waals surface area contributed by atoms with E-state index < -0.39 is 6.10 Å². The second kappa shape index (κ2) is 6.47. The van der Waals surface area contributed by atoms with Crippen LogP contribution in [0.5, 0.6) is 0 Å². The maximum absolute atomic E-state index is 10.00. The van der Waals surface area contributed by atoms with Crippen molar-refractivity contribution in [2.75, 3.05) is 13.7 Å². The number of H-pyrrole nitrogens is 1. The summed E-state index contributed by atoms with van der Waals surface area (Å²) in [4.78, 5) is 1.99. The summed E-state index contributed by atoms with van der Waals surface area (Å²) in [6.07, 6.45) is 0.789. The average Bonchev–Trinajstić information content (AvgIpc) is 2.93. The van der Waals surface area contributed by atoms with Gasteiger partial charge in [0, 0.05) is 12.7 Å². The van der Waals surface area contributed by atoms with Crippen molar-refractivity contribution in [3.05, 3.63) is 53.9 Å². The van der Waals surface area contributed by atoms with Gasteiger partial charge in [-0.15, -0.1) is 0 Å². The van der Waals surface area contributed by atoms with E-state index in [1.807, 2.05) is 48.3 Å². The van der Waals surface area contributed by atoms with E-state index in [0.717, 1.165) is 11.3 Å². The molecule has 1 aromatic carbocycles. The molecule has 102 valence electrons. The van der Waals surface area contributed by atoms with Crippen LogP contribution in [-0.2, 0) is 6.54 Å². The van der Waals surface area contributed by atoms with Crippen LogP contribution in [0.25, 0.3) is 0 Å². The molecule has 1 aromatic heterocycles. The Morgan fingerprint density at radius 2 is 2.00 bits per heavy atom. The summed E-state index contributed by atoms with van der Waals surface area (Å²) in [6, 6.07) is 11.5. The Labute approximate surface area is 112 Å². The lowest BCUT2D eigenvalue weighted by Crippen LogP contribution is -2.35. The van der Waals surface area contributed by atoms with Crippen molar-refractivity contribution < 1.29 is 10.2 Å². The molecule has 2 rings (SSSR count). The zero-order valence-electron chi connectivity index (χ0n) is 10.9. The molecule has 0 saturated heterocycles. The first-order valence-corrected chi connectivity index (χ1v) is 6.24. The molecule has 0 fully saturated rings. The highest BCUT2D eigenvalue weighted by Crippen LogP contribution is 2.23. The number of nitrogens with one attached hydrogen (secondary N) is 1. The van der Waals surface area contributed by atoms with E-state index in [1.54, 1.807) is 6.20 Å². The van der Waals surface area contributed by atoms with Crippen LogP contribution in [0, 0.1) is 0 Å². The number of aromatic nitrogens is 2. The molecule has 0 aliphatic heterocycles. The Bertz CT molecular complexity index is 473. The molecular formula is C14H19N3O2. The van der Waals surface area contributed by atoms with Gasteiger partial charge in [-0.05, 0) is 18.7 Å². The first kappa shape index (κ1) is 13.7. The summed E-state index contributed by atoms with van der Waals surface area (Å²) in [5.74, 6) is 0. The predicted octanol–water partition coefficient (Wildman–Crippen LogP) is 0.936. The van der Waals surface area contributed by atoms with Crippen LogP contribution >= 0.6 is 0 Å². The van der Waals surface area contributed by atoms with Crippen molar-refractivity contribution in [3.8, 4) is 0 Å². The van der Waals surface area contributed by atoms with Crippen LogP contribution < -0.4 is 0 Å². The number of aliphatic hydroxyl groups is 2. The van der Waals surface area contributed by atoms with Gasteiger partial charge in [0.25, 0.3) is 0 Å². The van der Waals surface area contributed by atoms with Crippen molar-refractivity contribution in [1.29, 1.82) is 0 Å². The van der Waals surface area contributed by atoms with Gasteiger partial charge in [-0.3, -0.25) is 10.00 Å². The van der Waals surface area contributed by atoms with Crippen molar-refractivity contribution in [1.82, 2.24) is 15.1 Å². The summed E-state index contributed by atoms with van der Waals surface area (Å²) >= 11 is 0. The number of likely N-dealkylation sites (N-methyl/N-ethyl adjacent to an activating group) is 1. The second-order valence-electron chi connectivity index (χ2n) is 4.61. The molecule has 0 aliphatic rings. The first-order valence-electron chi connectivity index (χ1n) is 6.24. The lowest BCUT2D eigenvalue weighted by atomic mass is 10.1. The number of hydrogen-bond acceptors (Lipinski definition) is 4. The Balaban J connectivity index is 2.14. The molecule has 5 nitrogen and oxygen atoms in total. The van der Waals surface area contributed by atoms with Crippen LogP contribution in [-0.4, -0.2) is 45.1 Å². The Hall–Kier alpha value is -1.69. The third-order valence-corrected chi connectivity index (χ3v) is 3.14. The first-order chi connectivity index (χ1) is 9.22. The van der Waals surface area contributed by atoms with Gasteiger partial charge in [-0.2, -0.15) is 5.10 Å². The van der Waals surface area contributed by atoms with E-state index in [0.29, 0.717) is 6.54 Å². The minimum absolute atomic E-state index is 0.289. The minimum atomic E-state index is -0.853. The molecule has 0 spiro atoms. The predicted molar refractivity (Wildman–Crippen MR) is 72.3 cm³/mol. The quantitative estimate of drug-likeness (QED) is 0.723. The zero-order valence-corrected chi connectivity index (χ0v) is 10.9. The number of nitrogens with zero attached hydrogens (tertiary/aromatic N) is 2. The van der Waals surface area contributed by atoms with E-state index in [-0.39, 0.29) is 12.6 Å². The van der Waals surface area contributed by atoms with Gasteiger partial charge < -0.3 is 10.2 Å². The molecule has 1 heterocycles. The number of rotatable bonds is 6. The van der Waals surface area contributed by atoms with E-state index >= 15 is 0 Å². The zero-order chi connectivity index (χ0) is 13.7. The van der Waals surface area contributed by atoms with Crippen LogP contribution in [0.15, 0.2) is 42.6 Å². The van der Waals surface area contributed by atoms with Gasteiger partial charge in [0.05, 0.1) is 24.4 Å². The number of hydrogen-bond donors (Lipinski definition) is 3. The molecule has 19 heavy (non-hydrogen) atoms. The lowest BCUT2D eigenvalue weighted by molar-refractivity contribution is 0.0147. The topological polar surface area (TPSA) is 72.4 Å². The third-order valence-electron chi connectivity index (χ3n) is 3.14. The number of benzene rings is 1. The SMILES string of the molecule is CN(Cc1ccccc1)[C@@H](c1ccn[nH]1)[C@H](O)CO. The molecule has 0 aliphatic carbocycles. The summed E-state index contributed by atoms with van der Waals surface area (Å²) in [7, 11) is 1.91. The fourth-order valence-corrected chi connectivity index (χ4v) is 2.24. The normalized spacial score (nSPS) is 14.5. The van der Waals surface area contributed by atoms with Gasteiger partial charge in [0.15, 0.2) is 0 Å². The standard InChI is InChI=1S/C14H19N3O2/c1-17(9-11-5-3-2-4-6-11)14(13(19)10-18)12-7-8-15-16-12/h2-8,13-14,18-19H,9-10H2,1H3,(H,15,16)/t13-,14+/m1/s1. The molecule has 3 N–H and O–H groups in total. The smallest absolute Gasteiger partial charge is 0.0982 e. The van der Waals surface area contributed by atoms with Crippen molar-refractivity contribution in [2.24, 2.45) is 0 Å². The fourth-order valence-electron chi connectivity index (χ4n) is 2.24. The van der Waals surface area contributed by atoms with Crippen LogP contribution in [0.2, 0.25) is 0 Å². The largest absolute Gasteiger partial charge is 0.394 e. The van der Waals surface area contributed by atoms with Crippen molar-refractivity contribution in [2.45, 2.75) is 18.7 Å². The third kappa shape index (κ3) is 3.41. The summed E-state index contributed by atoms with van der Waals surface area (Å²) < 4.78 is 0. The molecule has 0 bridgehead atoms. The van der Waals surface area contributed by atoms with E-state index in [2.05, 4.69) is 10.2 Å². The average molecular weight is 261 g/mol. The Kier molecular flexibility index (Phi) is 4.68. The highest BCUT2D eigenvalue weighted by Gasteiger charge is 2.26. The second-order valence-corrected chi connectivity index (χ2v) is 4.61. The molecule has 0 amide bonds. The number of aliphatic hydroxyl groups excluding tert-OH is 2. The van der Waals surface area contributed by atoms with Crippen LogP contribution in [0.3, 0.4) is 0 Å². The molecule has 0 unspecified atom stereocenters. The van der Waals surface area contributed by atoms with Crippen molar-refractivity contribution in [3.63, 3.8) is 0 Å². The Morgan fingerprint density at radius 1 is 1.26 bits per heavy atom. The molecule has 2 aromatic rings. The van der Waals surface area contributed by atoms with Gasteiger partial charge in [-0.25, -0.2) is 0 Å². The van der Waals surface area contributed by atoms with E-state index in [9.17, 15) is 10.2 Å². The van der Waals surface area contributed by atoms with Gasteiger partial charge >= 0.3 is 0 Å². The molecule has 2 atom stereocenters.